The van der Waals surface area contributed by atoms with Gasteiger partial charge in [0.15, 0.2) is 5.84 Å². The van der Waals surface area contributed by atoms with Gasteiger partial charge in [-0.3, -0.25) is 0 Å². The standard InChI is InChI=1S/C14H22N2O3/c1-14(2,3)19-9-8-18-10-11-6-4-5-7-12(11)13(15)16-17/h4-7,17H,8-10H2,1-3H3,(H2,15,16). The number of hydrogen-bond acceptors (Lipinski definition) is 4. The lowest BCUT2D eigenvalue weighted by atomic mass is 10.1. The van der Waals surface area contributed by atoms with Crippen LogP contribution in [0.4, 0.5) is 0 Å². The predicted octanol–water partition coefficient (Wildman–Crippen LogP) is 2.11. The summed E-state index contributed by atoms with van der Waals surface area (Å²) in [5.74, 6) is 0.0881. The van der Waals surface area contributed by atoms with Crippen molar-refractivity contribution in [2.24, 2.45) is 10.9 Å². The second-order valence-corrected chi connectivity index (χ2v) is 5.16. The molecule has 0 amide bonds. The van der Waals surface area contributed by atoms with Gasteiger partial charge in [0.1, 0.15) is 0 Å². The molecule has 0 fully saturated rings. The summed E-state index contributed by atoms with van der Waals surface area (Å²) < 4.78 is 11.1. The summed E-state index contributed by atoms with van der Waals surface area (Å²) in [7, 11) is 0. The molecule has 0 aliphatic rings. The summed E-state index contributed by atoms with van der Waals surface area (Å²) >= 11 is 0. The van der Waals surface area contributed by atoms with Crippen molar-refractivity contribution < 1.29 is 14.7 Å². The van der Waals surface area contributed by atoms with E-state index in [1.165, 1.54) is 0 Å². The highest BCUT2D eigenvalue weighted by molar-refractivity contribution is 5.98. The number of amidine groups is 1. The number of hydrogen-bond donors (Lipinski definition) is 2. The Balaban J connectivity index is 2.46. The third-order valence-electron chi connectivity index (χ3n) is 2.42. The van der Waals surface area contributed by atoms with Gasteiger partial charge in [-0.25, -0.2) is 0 Å². The van der Waals surface area contributed by atoms with Gasteiger partial charge in [-0.15, -0.1) is 0 Å². The van der Waals surface area contributed by atoms with Crippen LogP contribution in [0.1, 0.15) is 31.9 Å². The van der Waals surface area contributed by atoms with Crippen LogP contribution in [-0.2, 0) is 16.1 Å². The molecule has 5 nitrogen and oxygen atoms in total. The molecule has 1 aromatic rings. The van der Waals surface area contributed by atoms with Crippen LogP contribution < -0.4 is 5.73 Å². The lowest BCUT2D eigenvalue weighted by Crippen LogP contribution is -2.22. The van der Waals surface area contributed by atoms with Crippen LogP contribution in [-0.4, -0.2) is 29.9 Å². The van der Waals surface area contributed by atoms with Gasteiger partial charge < -0.3 is 20.4 Å². The average Bonchev–Trinajstić information content (AvgIpc) is 2.36. The van der Waals surface area contributed by atoms with Crippen molar-refractivity contribution in [3.8, 4) is 0 Å². The molecule has 1 aromatic carbocycles. The van der Waals surface area contributed by atoms with E-state index in [1.807, 2.05) is 39.0 Å². The minimum Gasteiger partial charge on any atom is -0.409 e. The molecule has 0 unspecified atom stereocenters. The fourth-order valence-corrected chi connectivity index (χ4v) is 1.54. The van der Waals surface area contributed by atoms with E-state index in [9.17, 15) is 0 Å². The third kappa shape index (κ3) is 5.72. The van der Waals surface area contributed by atoms with Crippen LogP contribution >= 0.6 is 0 Å². The zero-order valence-electron chi connectivity index (χ0n) is 11.7. The summed E-state index contributed by atoms with van der Waals surface area (Å²) in [5.41, 5.74) is 7.01. The van der Waals surface area contributed by atoms with Crippen LogP contribution in [0.25, 0.3) is 0 Å². The topological polar surface area (TPSA) is 77.1 Å². The smallest absolute Gasteiger partial charge is 0.170 e. The largest absolute Gasteiger partial charge is 0.409 e. The number of nitrogens with zero attached hydrogens (tertiary/aromatic N) is 1. The molecule has 1 rings (SSSR count). The fraction of sp³-hybridized carbons (Fsp3) is 0.500. The van der Waals surface area contributed by atoms with Crippen molar-refractivity contribution in [3.63, 3.8) is 0 Å². The molecule has 3 N–H and O–H groups in total. The Morgan fingerprint density at radius 3 is 2.58 bits per heavy atom. The van der Waals surface area contributed by atoms with Crippen LogP contribution in [0.15, 0.2) is 29.4 Å². The van der Waals surface area contributed by atoms with E-state index in [0.717, 1.165) is 5.56 Å². The van der Waals surface area contributed by atoms with Crippen molar-refractivity contribution >= 4 is 5.84 Å². The van der Waals surface area contributed by atoms with E-state index in [2.05, 4.69) is 5.16 Å². The Kier molecular flexibility index (Phi) is 5.79. The molecule has 0 radical (unpaired) electrons. The van der Waals surface area contributed by atoms with E-state index < -0.39 is 0 Å². The van der Waals surface area contributed by atoms with Gasteiger partial charge in [-0.2, -0.15) is 0 Å². The molecule has 0 aromatic heterocycles. The second kappa shape index (κ2) is 7.11. The monoisotopic (exact) mass is 266 g/mol. The minimum atomic E-state index is -0.157. The molecule has 0 heterocycles. The van der Waals surface area contributed by atoms with E-state index in [4.69, 9.17) is 20.4 Å². The Labute approximate surface area is 114 Å². The Bertz CT molecular complexity index is 425. The second-order valence-electron chi connectivity index (χ2n) is 5.16. The van der Waals surface area contributed by atoms with Gasteiger partial charge in [-0.1, -0.05) is 29.4 Å². The molecule has 106 valence electrons. The predicted molar refractivity (Wildman–Crippen MR) is 74.3 cm³/mol. The highest BCUT2D eigenvalue weighted by Gasteiger charge is 2.10. The first-order valence-electron chi connectivity index (χ1n) is 6.21. The zero-order valence-corrected chi connectivity index (χ0v) is 11.7. The Morgan fingerprint density at radius 1 is 1.26 bits per heavy atom. The Hall–Kier alpha value is -1.59. The number of nitrogens with two attached hydrogens (primary N) is 1. The summed E-state index contributed by atoms with van der Waals surface area (Å²) in [6, 6.07) is 7.40. The number of oxime groups is 1. The molecule has 0 bridgehead atoms. The molecule has 0 aliphatic carbocycles. The van der Waals surface area contributed by atoms with Gasteiger partial charge in [-0.05, 0) is 26.3 Å². The van der Waals surface area contributed by atoms with Crippen molar-refractivity contribution in [2.75, 3.05) is 13.2 Å². The molecule has 5 heteroatoms. The molecule has 0 aliphatic heterocycles. The quantitative estimate of drug-likeness (QED) is 0.272. The zero-order chi connectivity index (χ0) is 14.3. The molecular formula is C14H22N2O3. The molecule has 0 saturated heterocycles. The molecule has 19 heavy (non-hydrogen) atoms. The first kappa shape index (κ1) is 15.5. The fourth-order valence-electron chi connectivity index (χ4n) is 1.54. The van der Waals surface area contributed by atoms with Crippen LogP contribution in [0.5, 0.6) is 0 Å². The summed E-state index contributed by atoms with van der Waals surface area (Å²) in [6.45, 7) is 7.44. The maximum absolute atomic E-state index is 8.71. The highest BCUT2D eigenvalue weighted by atomic mass is 16.5. The molecule has 0 saturated carbocycles. The maximum atomic E-state index is 8.71. The van der Waals surface area contributed by atoms with Crippen molar-refractivity contribution in [2.45, 2.75) is 33.0 Å². The lowest BCUT2D eigenvalue weighted by Gasteiger charge is -2.19. The summed E-state index contributed by atoms with van der Waals surface area (Å²) in [6.07, 6.45) is 0. The van der Waals surface area contributed by atoms with Gasteiger partial charge in [0.05, 0.1) is 25.4 Å². The summed E-state index contributed by atoms with van der Waals surface area (Å²) in [5, 5.41) is 11.7. The number of benzene rings is 1. The normalized spacial score (nSPS) is 12.7. The van der Waals surface area contributed by atoms with Crippen molar-refractivity contribution in [3.05, 3.63) is 35.4 Å². The van der Waals surface area contributed by atoms with E-state index in [-0.39, 0.29) is 11.4 Å². The molecule has 0 spiro atoms. The van der Waals surface area contributed by atoms with Gasteiger partial charge >= 0.3 is 0 Å². The van der Waals surface area contributed by atoms with Crippen LogP contribution in [0.2, 0.25) is 0 Å². The van der Waals surface area contributed by atoms with Crippen molar-refractivity contribution in [1.82, 2.24) is 0 Å². The molecule has 0 atom stereocenters. The van der Waals surface area contributed by atoms with Gasteiger partial charge in [0.2, 0.25) is 0 Å². The number of ether oxygens (including phenoxy) is 2. The first-order chi connectivity index (χ1) is 8.94. The lowest BCUT2D eigenvalue weighted by molar-refractivity contribution is -0.0377. The first-order valence-corrected chi connectivity index (χ1v) is 6.21. The minimum absolute atomic E-state index is 0.0881. The van der Waals surface area contributed by atoms with Gasteiger partial charge in [0, 0.05) is 5.56 Å². The van der Waals surface area contributed by atoms with Crippen LogP contribution in [0.3, 0.4) is 0 Å². The third-order valence-corrected chi connectivity index (χ3v) is 2.42. The molecular weight excluding hydrogens is 244 g/mol. The van der Waals surface area contributed by atoms with E-state index in [1.54, 1.807) is 6.07 Å². The van der Waals surface area contributed by atoms with Crippen molar-refractivity contribution in [1.29, 1.82) is 0 Å². The summed E-state index contributed by atoms with van der Waals surface area (Å²) in [4.78, 5) is 0. The maximum Gasteiger partial charge on any atom is 0.170 e. The highest BCUT2D eigenvalue weighted by Crippen LogP contribution is 2.10. The van der Waals surface area contributed by atoms with Gasteiger partial charge in [0.25, 0.3) is 0 Å². The van der Waals surface area contributed by atoms with Crippen LogP contribution in [0, 0.1) is 0 Å². The number of rotatable bonds is 6. The average molecular weight is 266 g/mol. The van der Waals surface area contributed by atoms with E-state index >= 15 is 0 Å². The van der Waals surface area contributed by atoms with E-state index in [0.29, 0.717) is 25.4 Å². The Morgan fingerprint density at radius 2 is 1.95 bits per heavy atom. The SMILES string of the molecule is CC(C)(C)OCCOCc1ccccc1/C(N)=N/O.